The van der Waals surface area contributed by atoms with Crippen molar-refractivity contribution in [1.82, 2.24) is 9.97 Å². The van der Waals surface area contributed by atoms with E-state index in [0.717, 1.165) is 25.0 Å². The predicted octanol–water partition coefficient (Wildman–Crippen LogP) is 1.76. The fourth-order valence-corrected chi connectivity index (χ4v) is 1.25. The summed E-state index contributed by atoms with van der Waals surface area (Å²) in [6, 6.07) is 0. The van der Waals surface area contributed by atoms with Crippen molar-refractivity contribution in [3.63, 3.8) is 0 Å². The fraction of sp³-hybridized carbons (Fsp3) is 0.556. The van der Waals surface area contributed by atoms with Crippen LogP contribution in [0.5, 0.6) is 0 Å². The molecule has 0 radical (unpaired) electrons. The molecular weight excluding hydrogens is 168 g/mol. The molecule has 0 aromatic carbocycles. The van der Waals surface area contributed by atoms with Crippen LogP contribution in [0.1, 0.15) is 41.8 Å². The minimum absolute atomic E-state index is 0.172. The Hall–Kier alpha value is -1.32. The van der Waals surface area contributed by atoms with E-state index in [0.29, 0.717) is 5.82 Å². The molecule has 0 unspecified atom stereocenters. The Bertz CT molecular complexity index is 305. The average Bonchev–Trinajstić information content (AvgIpc) is 2.43. The van der Waals surface area contributed by atoms with Crippen LogP contribution in [0.4, 0.5) is 0 Å². The molecule has 13 heavy (non-hydrogen) atoms. The average molecular weight is 182 g/mol. The highest BCUT2D eigenvalue weighted by Crippen LogP contribution is 2.09. The number of nitrogens with zero attached hydrogens (tertiary/aromatic N) is 1. The van der Waals surface area contributed by atoms with Crippen LogP contribution in [0.15, 0.2) is 0 Å². The Morgan fingerprint density at radius 2 is 2.31 bits per heavy atom. The molecule has 0 fully saturated rings. The number of H-pyrrole nitrogens is 1. The molecule has 0 aliphatic heterocycles. The largest absolute Gasteiger partial charge is 0.476 e. The van der Waals surface area contributed by atoms with Crippen LogP contribution < -0.4 is 0 Å². The molecule has 1 aromatic heterocycles. The number of unbranched alkanes of at least 4 members (excludes halogenated alkanes) is 1. The number of nitrogens with one attached hydrogen (secondary N) is 1. The number of aromatic carboxylic acids is 1. The maximum absolute atomic E-state index is 10.7. The van der Waals surface area contributed by atoms with Gasteiger partial charge in [0.15, 0.2) is 5.69 Å². The third-order valence-electron chi connectivity index (χ3n) is 1.88. The van der Waals surface area contributed by atoms with Crippen LogP contribution in [0.2, 0.25) is 0 Å². The van der Waals surface area contributed by atoms with Gasteiger partial charge in [-0.3, -0.25) is 0 Å². The van der Waals surface area contributed by atoms with E-state index in [1.165, 1.54) is 0 Å². The van der Waals surface area contributed by atoms with Gasteiger partial charge < -0.3 is 10.1 Å². The third kappa shape index (κ3) is 2.31. The lowest BCUT2D eigenvalue weighted by Crippen LogP contribution is -2.01. The van der Waals surface area contributed by atoms with Crippen LogP contribution in [-0.2, 0) is 6.42 Å². The van der Waals surface area contributed by atoms with E-state index >= 15 is 0 Å². The summed E-state index contributed by atoms with van der Waals surface area (Å²) in [4.78, 5) is 17.6. The minimum atomic E-state index is -0.949. The summed E-state index contributed by atoms with van der Waals surface area (Å²) in [5.74, 6) is -0.279. The zero-order valence-electron chi connectivity index (χ0n) is 7.92. The quantitative estimate of drug-likeness (QED) is 0.745. The zero-order chi connectivity index (χ0) is 9.84. The van der Waals surface area contributed by atoms with Gasteiger partial charge in [-0.15, -0.1) is 0 Å². The normalized spacial score (nSPS) is 10.3. The fourth-order valence-electron chi connectivity index (χ4n) is 1.25. The van der Waals surface area contributed by atoms with E-state index < -0.39 is 5.97 Å². The van der Waals surface area contributed by atoms with E-state index in [-0.39, 0.29) is 5.69 Å². The lowest BCUT2D eigenvalue weighted by atomic mass is 10.2. The summed E-state index contributed by atoms with van der Waals surface area (Å²) in [7, 11) is 0. The molecule has 1 heterocycles. The van der Waals surface area contributed by atoms with Gasteiger partial charge in [-0.1, -0.05) is 13.3 Å². The summed E-state index contributed by atoms with van der Waals surface area (Å²) in [6.07, 6.45) is 2.80. The van der Waals surface area contributed by atoms with Crippen molar-refractivity contribution in [3.8, 4) is 0 Å². The van der Waals surface area contributed by atoms with E-state index in [1.54, 1.807) is 6.92 Å². The summed E-state index contributed by atoms with van der Waals surface area (Å²) in [5, 5.41) is 8.80. The van der Waals surface area contributed by atoms with Crippen molar-refractivity contribution in [2.45, 2.75) is 33.1 Å². The summed E-state index contributed by atoms with van der Waals surface area (Å²) >= 11 is 0. The minimum Gasteiger partial charge on any atom is -0.476 e. The highest BCUT2D eigenvalue weighted by atomic mass is 16.4. The van der Waals surface area contributed by atoms with Gasteiger partial charge >= 0.3 is 5.97 Å². The molecule has 0 amide bonds. The standard InChI is InChI=1S/C9H14N2O2/c1-3-4-5-7-8(9(12)13)11-6(2)10-7/h3-5H2,1-2H3,(H,10,11)(H,12,13). The second-order valence-corrected chi connectivity index (χ2v) is 3.06. The van der Waals surface area contributed by atoms with Gasteiger partial charge in [-0.05, 0) is 19.8 Å². The second kappa shape index (κ2) is 4.07. The number of carboxylic acid groups (broad SMARTS) is 1. The van der Waals surface area contributed by atoms with Crippen LogP contribution in [0.25, 0.3) is 0 Å². The van der Waals surface area contributed by atoms with Crippen molar-refractivity contribution >= 4 is 5.97 Å². The molecule has 72 valence electrons. The van der Waals surface area contributed by atoms with Crippen molar-refractivity contribution in [3.05, 3.63) is 17.2 Å². The van der Waals surface area contributed by atoms with E-state index in [1.807, 2.05) is 0 Å². The SMILES string of the molecule is CCCCc1[nH]c(C)nc1C(=O)O. The molecule has 0 atom stereocenters. The van der Waals surface area contributed by atoms with Crippen molar-refractivity contribution in [2.24, 2.45) is 0 Å². The number of rotatable bonds is 4. The molecule has 2 N–H and O–H groups in total. The number of imidazole rings is 1. The first-order chi connectivity index (χ1) is 6.15. The van der Waals surface area contributed by atoms with Gasteiger partial charge in [-0.25, -0.2) is 9.78 Å². The topological polar surface area (TPSA) is 66.0 Å². The number of aryl methyl sites for hydroxylation is 2. The molecule has 0 saturated carbocycles. The molecule has 0 bridgehead atoms. The molecule has 1 aromatic rings. The summed E-state index contributed by atoms with van der Waals surface area (Å²) in [5.41, 5.74) is 0.915. The Labute approximate surface area is 77.0 Å². The predicted molar refractivity (Wildman–Crippen MR) is 48.9 cm³/mol. The maximum Gasteiger partial charge on any atom is 0.356 e. The van der Waals surface area contributed by atoms with Crippen molar-refractivity contribution < 1.29 is 9.90 Å². The van der Waals surface area contributed by atoms with Crippen LogP contribution in [-0.4, -0.2) is 21.0 Å². The number of hydrogen-bond acceptors (Lipinski definition) is 2. The molecule has 1 rings (SSSR count). The van der Waals surface area contributed by atoms with Crippen LogP contribution in [0.3, 0.4) is 0 Å². The first kappa shape index (κ1) is 9.77. The molecule has 0 aliphatic rings. The second-order valence-electron chi connectivity index (χ2n) is 3.06. The van der Waals surface area contributed by atoms with Crippen LogP contribution in [0, 0.1) is 6.92 Å². The first-order valence-corrected chi connectivity index (χ1v) is 4.44. The molecule has 4 heteroatoms. The Morgan fingerprint density at radius 1 is 1.62 bits per heavy atom. The number of carbonyl (C=O) groups is 1. The lowest BCUT2D eigenvalue weighted by Gasteiger charge is -1.96. The van der Waals surface area contributed by atoms with E-state index in [9.17, 15) is 4.79 Å². The van der Waals surface area contributed by atoms with Gasteiger partial charge in [-0.2, -0.15) is 0 Å². The summed E-state index contributed by atoms with van der Waals surface area (Å²) in [6.45, 7) is 3.84. The van der Waals surface area contributed by atoms with Gasteiger partial charge in [0.05, 0.1) is 0 Å². The van der Waals surface area contributed by atoms with Crippen molar-refractivity contribution in [2.75, 3.05) is 0 Å². The van der Waals surface area contributed by atoms with Gasteiger partial charge in [0, 0.05) is 5.69 Å². The summed E-state index contributed by atoms with van der Waals surface area (Å²) < 4.78 is 0. The zero-order valence-corrected chi connectivity index (χ0v) is 7.92. The molecule has 4 nitrogen and oxygen atoms in total. The van der Waals surface area contributed by atoms with Gasteiger partial charge in [0.2, 0.25) is 0 Å². The Kier molecular flexibility index (Phi) is 3.06. The maximum atomic E-state index is 10.7. The highest BCUT2D eigenvalue weighted by Gasteiger charge is 2.13. The van der Waals surface area contributed by atoms with E-state index in [2.05, 4.69) is 16.9 Å². The number of carboxylic acids is 1. The molecular formula is C9H14N2O2. The highest BCUT2D eigenvalue weighted by molar-refractivity contribution is 5.86. The van der Waals surface area contributed by atoms with Gasteiger partial charge in [0.25, 0.3) is 0 Å². The first-order valence-electron chi connectivity index (χ1n) is 4.44. The smallest absolute Gasteiger partial charge is 0.356 e. The molecule has 0 spiro atoms. The third-order valence-corrected chi connectivity index (χ3v) is 1.88. The van der Waals surface area contributed by atoms with Crippen LogP contribution >= 0.6 is 0 Å². The van der Waals surface area contributed by atoms with E-state index in [4.69, 9.17) is 5.11 Å². The number of aromatic amines is 1. The Balaban J connectivity index is 2.84. The Morgan fingerprint density at radius 3 is 2.85 bits per heavy atom. The molecule has 0 aliphatic carbocycles. The number of aromatic nitrogens is 2. The number of hydrogen-bond donors (Lipinski definition) is 2. The molecule has 0 saturated heterocycles. The van der Waals surface area contributed by atoms with Gasteiger partial charge in [0.1, 0.15) is 5.82 Å². The monoisotopic (exact) mass is 182 g/mol. The van der Waals surface area contributed by atoms with Crippen molar-refractivity contribution in [1.29, 1.82) is 0 Å². The lowest BCUT2D eigenvalue weighted by molar-refractivity contribution is 0.0689.